The Morgan fingerprint density at radius 2 is 1.83 bits per heavy atom. The smallest absolute Gasteiger partial charge is 0.191 e. The van der Waals surface area contributed by atoms with Gasteiger partial charge in [-0.05, 0) is 59.7 Å². The van der Waals surface area contributed by atoms with Crippen molar-refractivity contribution in [2.24, 2.45) is 4.99 Å². The van der Waals surface area contributed by atoms with E-state index in [4.69, 9.17) is 4.42 Å². The molecule has 1 aromatic rings. The molecular formula is C22H41N5O2. The number of hydrogen-bond acceptors (Lipinski definition) is 5. The molecule has 1 aliphatic rings. The number of aryl methyl sites for hydroxylation is 2. The molecule has 0 aromatic carbocycles. The van der Waals surface area contributed by atoms with Crippen LogP contribution in [0.15, 0.2) is 15.5 Å². The van der Waals surface area contributed by atoms with Crippen LogP contribution in [0.2, 0.25) is 0 Å². The maximum absolute atomic E-state index is 10.9. The van der Waals surface area contributed by atoms with Crippen LogP contribution < -0.4 is 10.6 Å². The average Bonchev–Trinajstić information content (AvgIpc) is 3.05. The van der Waals surface area contributed by atoms with Crippen molar-refractivity contribution in [1.82, 2.24) is 20.4 Å². The lowest BCUT2D eigenvalue weighted by molar-refractivity contribution is 0.0657. The van der Waals surface area contributed by atoms with Gasteiger partial charge in [-0.15, -0.1) is 0 Å². The number of rotatable bonds is 10. The molecule has 7 nitrogen and oxygen atoms in total. The van der Waals surface area contributed by atoms with Crippen LogP contribution in [0.25, 0.3) is 0 Å². The second kappa shape index (κ2) is 11.6. The molecule has 0 saturated carbocycles. The molecule has 1 aliphatic heterocycles. The molecule has 29 heavy (non-hydrogen) atoms. The standard InChI is InChI=1S/C22H41N5O2/c1-6-23-21(25-17-22(5,28)20-16-18(3)29-19(20)4)24-10-8-9-11-27-14-12-26(7-2)13-15-27/h16,28H,6-15,17H2,1-5H3,(H2,23,24,25). The van der Waals surface area contributed by atoms with Gasteiger partial charge in [0.05, 0.1) is 6.54 Å². The summed E-state index contributed by atoms with van der Waals surface area (Å²) in [4.78, 5) is 9.68. The lowest BCUT2D eigenvalue weighted by atomic mass is 9.96. The van der Waals surface area contributed by atoms with E-state index < -0.39 is 5.60 Å². The Bertz CT molecular complexity index is 633. The predicted octanol–water partition coefficient (Wildman–Crippen LogP) is 2.08. The summed E-state index contributed by atoms with van der Waals surface area (Å²) < 4.78 is 5.56. The summed E-state index contributed by atoms with van der Waals surface area (Å²) in [5.41, 5.74) is -0.247. The van der Waals surface area contributed by atoms with Gasteiger partial charge >= 0.3 is 0 Å². The van der Waals surface area contributed by atoms with Crippen LogP contribution >= 0.6 is 0 Å². The molecule has 3 N–H and O–H groups in total. The minimum absolute atomic E-state index is 0.282. The molecule has 1 unspecified atom stereocenters. The van der Waals surface area contributed by atoms with E-state index in [0.717, 1.165) is 49.1 Å². The minimum Gasteiger partial charge on any atom is -0.466 e. The summed E-state index contributed by atoms with van der Waals surface area (Å²) in [5, 5.41) is 17.5. The summed E-state index contributed by atoms with van der Waals surface area (Å²) in [6.45, 7) is 18.9. The van der Waals surface area contributed by atoms with Gasteiger partial charge < -0.3 is 30.0 Å². The van der Waals surface area contributed by atoms with Crippen molar-refractivity contribution in [3.8, 4) is 0 Å². The van der Waals surface area contributed by atoms with E-state index in [0.29, 0.717) is 0 Å². The summed E-state index contributed by atoms with van der Waals surface area (Å²) in [5.74, 6) is 2.31. The Morgan fingerprint density at radius 3 is 2.41 bits per heavy atom. The van der Waals surface area contributed by atoms with E-state index in [-0.39, 0.29) is 6.54 Å². The largest absolute Gasteiger partial charge is 0.466 e. The molecule has 0 radical (unpaired) electrons. The van der Waals surface area contributed by atoms with Crippen LogP contribution in [-0.4, -0.2) is 79.8 Å². The van der Waals surface area contributed by atoms with Gasteiger partial charge in [-0.1, -0.05) is 6.92 Å². The number of aliphatic imine (C=N–C) groups is 1. The molecule has 0 bridgehead atoms. The highest BCUT2D eigenvalue weighted by Gasteiger charge is 2.27. The Balaban J connectivity index is 1.74. The van der Waals surface area contributed by atoms with E-state index in [1.54, 1.807) is 6.92 Å². The lowest BCUT2D eigenvalue weighted by Crippen LogP contribution is -2.46. The Hall–Kier alpha value is -1.57. The van der Waals surface area contributed by atoms with Crippen LogP contribution in [0.1, 0.15) is 50.7 Å². The molecule has 1 atom stereocenters. The predicted molar refractivity (Wildman–Crippen MR) is 120 cm³/mol. The van der Waals surface area contributed by atoms with Crippen molar-refractivity contribution < 1.29 is 9.52 Å². The monoisotopic (exact) mass is 407 g/mol. The molecule has 2 rings (SSSR count). The third-order valence-corrected chi connectivity index (χ3v) is 5.62. The van der Waals surface area contributed by atoms with Gasteiger partial charge in [0.1, 0.15) is 17.1 Å². The minimum atomic E-state index is -1.05. The number of unbranched alkanes of at least 4 members (excludes halogenated alkanes) is 1. The SMILES string of the molecule is CCNC(=NCC(C)(O)c1cc(C)oc1C)NCCCCN1CCN(CC)CC1. The van der Waals surface area contributed by atoms with Gasteiger partial charge in [-0.2, -0.15) is 0 Å². The molecular weight excluding hydrogens is 366 g/mol. The van der Waals surface area contributed by atoms with E-state index in [1.807, 2.05) is 19.9 Å². The van der Waals surface area contributed by atoms with Gasteiger partial charge in [0.25, 0.3) is 0 Å². The zero-order valence-corrected chi connectivity index (χ0v) is 19.1. The van der Waals surface area contributed by atoms with E-state index in [1.165, 1.54) is 39.1 Å². The maximum atomic E-state index is 10.9. The molecule has 1 fully saturated rings. The topological polar surface area (TPSA) is 76.3 Å². The Morgan fingerprint density at radius 1 is 1.14 bits per heavy atom. The van der Waals surface area contributed by atoms with Crippen LogP contribution in [0, 0.1) is 13.8 Å². The summed E-state index contributed by atoms with van der Waals surface area (Å²) in [6, 6.07) is 1.89. The molecule has 1 aromatic heterocycles. The third-order valence-electron chi connectivity index (χ3n) is 5.62. The molecule has 2 heterocycles. The Kier molecular flexibility index (Phi) is 9.46. The van der Waals surface area contributed by atoms with E-state index in [2.05, 4.69) is 39.3 Å². The van der Waals surface area contributed by atoms with Crippen molar-refractivity contribution in [2.75, 3.05) is 58.9 Å². The average molecular weight is 408 g/mol. The first kappa shape index (κ1) is 23.7. The fourth-order valence-corrected chi connectivity index (χ4v) is 3.82. The second-order valence-electron chi connectivity index (χ2n) is 8.21. The number of furan rings is 1. The lowest BCUT2D eigenvalue weighted by Gasteiger charge is -2.34. The fraction of sp³-hybridized carbons (Fsp3) is 0.773. The molecule has 1 saturated heterocycles. The first-order chi connectivity index (χ1) is 13.9. The third kappa shape index (κ3) is 7.64. The van der Waals surface area contributed by atoms with E-state index >= 15 is 0 Å². The number of likely N-dealkylation sites (N-methyl/N-ethyl adjacent to an activating group) is 1. The number of nitrogens with zero attached hydrogens (tertiary/aromatic N) is 3. The molecule has 0 aliphatic carbocycles. The zero-order valence-electron chi connectivity index (χ0n) is 19.1. The van der Waals surface area contributed by atoms with E-state index in [9.17, 15) is 5.11 Å². The first-order valence-corrected chi connectivity index (χ1v) is 11.1. The summed E-state index contributed by atoms with van der Waals surface area (Å²) in [6.07, 6.45) is 2.29. The summed E-state index contributed by atoms with van der Waals surface area (Å²) >= 11 is 0. The number of aliphatic hydroxyl groups is 1. The van der Waals surface area contributed by atoms with Crippen molar-refractivity contribution in [2.45, 2.75) is 53.1 Å². The van der Waals surface area contributed by atoms with Crippen molar-refractivity contribution in [1.29, 1.82) is 0 Å². The van der Waals surface area contributed by atoms with Crippen molar-refractivity contribution >= 4 is 5.96 Å². The number of nitrogens with one attached hydrogen (secondary N) is 2. The highest BCUT2D eigenvalue weighted by Crippen LogP contribution is 2.27. The van der Waals surface area contributed by atoms with Gasteiger partial charge in [-0.3, -0.25) is 0 Å². The normalized spacial score (nSPS) is 18.6. The van der Waals surface area contributed by atoms with Gasteiger partial charge in [-0.25, -0.2) is 4.99 Å². The first-order valence-electron chi connectivity index (χ1n) is 11.1. The van der Waals surface area contributed by atoms with Crippen molar-refractivity contribution in [3.05, 3.63) is 23.2 Å². The van der Waals surface area contributed by atoms with Crippen molar-refractivity contribution in [3.63, 3.8) is 0 Å². The van der Waals surface area contributed by atoms with Gasteiger partial charge in [0, 0.05) is 44.8 Å². The van der Waals surface area contributed by atoms with Crippen LogP contribution in [-0.2, 0) is 5.60 Å². The van der Waals surface area contributed by atoms with Crippen LogP contribution in [0.5, 0.6) is 0 Å². The molecule has 0 spiro atoms. The van der Waals surface area contributed by atoms with Crippen LogP contribution in [0.4, 0.5) is 0 Å². The second-order valence-corrected chi connectivity index (χ2v) is 8.21. The number of guanidine groups is 1. The van der Waals surface area contributed by atoms with Gasteiger partial charge in [0.15, 0.2) is 5.96 Å². The molecule has 7 heteroatoms. The summed E-state index contributed by atoms with van der Waals surface area (Å²) in [7, 11) is 0. The number of hydrogen-bond donors (Lipinski definition) is 3. The van der Waals surface area contributed by atoms with Gasteiger partial charge in [0.2, 0.25) is 0 Å². The number of piperazine rings is 1. The maximum Gasteiger partial charge on any atom is 0.191 e. The van der Waals surface area contributed by atoms with Crippen LogP contribution in [0.3, 0.4) is 0 Å². The zero-order chi connectivity index (χ0) is 21.3. The quantitative estimate of drug-likeness (QED) is 0.313. The molecule has 0 amide bonds. The Labute approximate surface area is 176 Å². The highest BCUT2D eigenvalue weighted by atomic mass is 16.3. The molecule has 166 valence electrons. The highest BCUT2D eigenvalue weighted by molar-refractivity contribution is 5.79. The fourth-order valence-electron chi connectivity index (χ4n) is 3.82.